The summed E-state index contributed by atoms with van der Waals surface area (Å²) in [6.45, 7) is 2.17. The first kappa shape index (κ1) is 9.96. The second-order valence-electron chi connectivity index (χ2n) is 3.60. The minimum atomic E-state index is 0.329. The molecule has 3 N–H and O–H groups in total. The zero-order valence-corrected chi connectivity index (χ0v) is 8.05. The van der Waals surface area contributed by atoms with Crippen LogP contribution < -0.4 is 11.3 Å². The smallest absolute Gasteiger partial charge is 0.0765 e. The third-order valence-corrected chi connectivity index (χ3v) is 2.57. The number of hydrazine groups is 1. The van der Waals surface area contributed by atoms with Crippen LogP contribution >= 0.6 is 0 Å². The van der Waals surface area contributed by atoms with E-state index in [1.54, 1.807) is 7.11 Å². The van der Waals surface area contributed by atoms with Gasteiger partial charge in [0.25, 0.3) is 0 Å². The van der Waals surface area contributed by atoms with E-state index < -0.39 is 0 Å². The van der Waals surface area contributed by atoms with Gasteiger partial charge in [-0.05, 0) is 25.2 Å². The molecular formula is C9H20N2O. The molecule has 0 aromatic heterocycles. The number of hydrogen-bond donors (Lipinski definition) is 2. The average Bonchev–Trinajstić information content (AvgIpc) is 2.88. The SMILES string of the molecule is CCCC(NN)C(OC)C1CC1. The average molecular weight is 172 g/mol. The maximum absolute atomic E-state index is 5.47. The van der Waals surface area contributed by atoms with Crippen LogP contribution in [0.15, 0.2) is 0 Å². The van der Waals surface area contributed by atoms with E-state index in [0.29, 0.717) is 12.1 Å². The van der Waals surface area contributed by atoms with Crippen molar-refractivity contribution in [3.05, 3.63) is 0 Å². The molecule has 0 saturated heterocycles. The third-order valence-electron chi connectivity index (χ3n) is 2.57. The molecule has 2 unspecified atom stereocenters. The molecule has 0 heterocycles. The van der Waals surface area contributed by atoms with Crippen LogP contribution in [0, 0.1) is 5.92 Å². The Kier molecular flexibility index (Phi) is 3.98. The van der Waals surface area contributed by atoms with E-state index >= 15 is 0 Å². The van der Waals surface area contributed by atoms with Gasteiger partial charge in [-0.3, -0.25) is 11.3 Å². The Morgan fingerprint density at radius 1 is 1.58 bits per heavy atom. The van der Waals surface area contributed by atoms with Crippen molar-refractivity contribution in [2.45, 2.75) is 44.8 Å². The zero-order chi connectivity index (χ0) is 8.97. The molecule has 1 aliphatic rings. The van der Waals surface area contributed by atoms with Crippen LogP contribution in [0.4, 0.5) is 0 Å². The van der Waals surface area contributed by atoms with Gasteiger partial charge in [-0.1, -0.05) is 13.3 Å². The first-order chi connectivity index (χ1) is 5.83. The first-order valence-electron chi connectivity index (χ1n) is 4.82. The van der Waals surface area contributed by atoms with Crippen molar-refractivity contribution in [3.8, 4) is 0 Å². The van der Waals surface area contributed by atoms with E-state index in [1.807, 2.05) is 0 Å². The molecule has 1 aliphatic carbocycles. The molecule has 3 heteroatoms. The lowest BCUT2D eigenvalue weighted by atomic mass is 10.0. The molecule has 1 saturated carbocycles. The van der Waals surface area contributed by atoms with Crippen LogP contribution in [0.1, 0.15) is 32.6 Å². The monoisotopic (exact) mass is 172 g/mol. The summed E-state index contributed by atoms with van der Waals surface area (Å²) in [6.07, 6.45) is 5.20. The van der Waals surface area contributed by atoms with Crippen LogP contribution in [-0.2, 0) is 4.74 Å². The summed E-state index contributed by atoms with van der Waals surface area (Å²) in [5.41, 5.74) is 2.85. The Labute approximate surface area is 74.6 Å². The molecule has 0 spiro atoms. The van der Waals surface area contributed by atoms with E-state index in [4.69, 9.17) is 10.6 Å². The van der Waals surface area contributed by atoms with E-state index in [2.05, 4.69) is 12.3 Å². The maximum atomic E-state index is 5.47. The molecule has 0 amide bonds. The van der Waals surface area contributed by atoms with Crippen molar-refractivity contribution in [1.82, 2.24) is 5.43 Å². The molecule has 72 valence electrons. The fraction of sp³-hybridized carbons (Fsp3) is 1.00. The molecule has 1 fully saturated rings. The molecule has 0 aliphatic heterocycles. The predicted molar refractivity (Wildman–Crippen MR) is 49.5 cm³/mol. The second kappa shape index (κ2) is 4.80. The largest absolute Gasteiger partial charge is 0.379 e. The van der Waals surface area contributed by atoms with Crippen molar-refractivity contribution in [2.24, 2.45) is 11.8 Å². The fourth-order valence-electron chi connectivity index (χ4n) is 1.76. The van der Waals surface area contributed by atoms with Gasteiger partial charge < -0.3 is 4.74 Å². The lowest BCUT2D eigenvalue weighted by Crippen LogP contribution is -2.45. The number of nitrogens with two attached hydrogens (primary N) is 1. The van der Waals surface area contributed by atoms with Crippen LogP contribution in [-0.4, -0.2) is 19.3 Å². The van der Waals surface area contributed by atoms with Crippen molar-refractivity contribution in [2.75, 3.05) is 7.11 Å². The van der Waals surface area contributed by atoms with Gasteiger partial charge in [0.1, 0.15) is 0 Å². The molecular weight excluding hydrogens is 152 g/mol. The molecule has 2 atom stereocenters. The summed E-state index contributed by atoms with van der Waals surface area (Å²) in [5.74, 6) is 6.22. The molecule has 1 rings (SSSR count). The highest BCUT2D eigenvalue weighted by Gasteiger charge is 2.35. The Bertz CT molecular complexity index is 126. The molecule has 3 nitrogen and oxygen atoms in total. The van der Waals surface area contributed by atoms with Gasteiger partial charge in [0.2, 0.25) is 0 Å². The second-order valence-corrected chi connectivity index (χ2v) is 3.60. The van der Waals surface area contributed by atoms with Gasteiger partial charge in [0.15, 0.2) is 0 Å². The van der Waals surface area contributed by atoms with Gasteiger partial charge in [-0.25, -0.2) is 0 Å². The third kappa shape index (κ3) is 2.44. The molecule has 12 heavy (non-hydrogen) atoms. The lowest BCUT2D eigenvalue weighted by molar-refractivity contribution is 0.0481. The van der Waals surface area contributed by atoms with Gasteiger partial charge in [-0.15, -0.1) is 0 Å². The van der Waals surface area contributed by atoms with Crippen LogP contribution in [0.5, 0.6) is 0 Å². The highest BCUT2D eigenvalue weighted by Crippen LogP contribution is 2.36. The van der Waals surface area contributed by atoms with Gasteiger partial charge in [-0.2, -0.15) is 0 Å². The number of nitrogens with one attached hydrogen (secondary N) is 1. The molecule has 0 bridgehead atoms. The zero-order valence-electron chi connectivity index (χ0n) is 8.05. The normalized spacial score (nSPS) is 22.2. The Morgan fingerprint density at radius 2 is 2.25 bits per heavy atom. The van der Waals surface area contributed by atoms with Gasteiger partial charge in [0, 0.05) is 13.2 Å². The van der Waals surface area contributed by atoms with E-state index in [0.717, 1.165) is 18.8 Å². The first-order valence-corrected chi connectivity index (χ1v) is 4.82. The van der Waals surface area contributed by atoms with Gasteiger partial charge >= 0.3 is 0 Å². The van der Waals surface area contributed by atoms with E-state index in [-0.39, 0.29) is 0 Å². The highest BCUT2D eigenvalue weighted by atomic mass is 16.5. The van der Waals surface area contributed by atoms with Crippen molar-refractivity contribution in [3.63, 3.8) is 0 Å². The number of ether oxygens (including phenoxy) is 1. The Balaban J connectivity index is 2.36. The van der Waals surface area contributed by atoms with Crippen LogP contribution in [0.2, 0.25) is 0 Å². The Hall–Kier alpha value is -0.120. The fourth-order valence-corrected chi connectivity index (χ4v) is 1.76. The van der Waals surface area contributed by atoms with Crippen LogP contribution in [0.25, 0.3) is 0 Å². The quantitative estimate of drug-likeness (QED) is 0.465. The number of rotatable bonds is 6. The summed E-state index contributed by atoms with van der Waals surface area (Å²) < 4.78 is 5.44. The summed E-state index contributed by atoms with van der Waals surface area (Å²) in [6, 6.07) is 0.340. The molecule has 0 radical (unpaired) electrons. The lowest BCUT2D eigenvalue weighted by Gasteiger charge is -2.24. The summed E-state index contributed by atoms with van der Waals surface area (Å²) in [5, 5.41) is 0. The van der Waals surface area contributed by atoms with Gasteiger partial charge in [0.05, 0.1) is 6.10 Å². The summed E-state index contributed by atoms with van der Waals surface area (Å²) in [7, 11) is 1.78. The van der Waals surface area contributed by atoms with Crippen LogP contribution in [0.3, 0.4) is 0 Å². The summed E-state index contributed by atoms with van der Waals surface area (Å²) in [4.78, 5) is 0. The minimum absolute atomic E-state index is 0.329. The standard InChI is InChI=1S/C9H20N2O/c1-3-4-8(11-10)9(12-2)7-5-6-7/h7-9,11H,3-6,10H2,1-2H3. The molecule has 0 aromatic rings. The highest BCUT2D eigenvalue weighted by molar-refractivity contribution is 4.89. The topological polar surface area (TPSA) is 47.3 Å². The van der Waals surface area contributed by atoms with Crippen molar-refractivity contribution >= 4 is 0 Å². The number of methoxy groups -OCH3 is 1. The summed E-state index contributed by atoms with van der Waals surface area (Å²) >= 11 is 0. The van der Waals surface area contributed by atoms with E-state index in [1.165, 1.54) is 12.8 Å². The Morgan fingerprint density at radius 3 is 2.58 bits per heavy atom. The predicted octanol–water partition coefficient (Wildman–Crippen LogP) is 1.04. The molecule has 0 aromatic carbocycles. The van der Waals surface area contributed by atoms with Crippen molar-refractivity contribution in [1.29, 1.82) is 0 Å². The van der Waals surface area contributed by atoms with E-state index in [9.17, 15) is 0 Å². The number of hydrogen-bond acceptors (Lipinski definition) is 3. The maximum Gasteiger partial charge on any atom is 0.0765 e. The van der Waals surface area contributed by atoms with Crippen molar-refractivity contribution < 1.29 is 4.74 Å². The minimum Gasteiger partial charge on any atom is -0.379 e.